The van der Waals surface area contributed by atoms with Crippen LogP contribution in [0.2, 0.25) is 0 Å². The summed E-state index contributed by atoms with van der Waals surface area (Å²) in [6.45, 7) is 4.34. The second-order valence-electron chi connectivity index (χ2n) is 6.33. The number of benzene rings is 1. The summed E-state index contributed by atoms with van der Waals surface area (Å²) in [5.41, 5.74) is 0.460. The molecule has 0 amide bonds. The number of hydrogen-bond acceptors (Lipinski definition) is 6. The third-order valence-corrected chi connectivity index (χ3v) is 6.24. The molecule has 8 nitrogen and oxygen atoms in total. The number of aromatic nitrogens is 1. The monoisotopic (exact) mass is 365 g/mol. The van der Waals surface area contributed by atoms with Crippen LogP contribution in [0.4, 0.5) is 5.69 Å². The lowest BCUT2D eigenvalue weighted by atomic mass is 10.1. The predicted molar refractivity (Wildman–Crippen MR) is 89.6 cm³/mol. The molecule has 0 N–H and O–H groups in total. The topological polar surface area (TPSA) is 107 Å². The van der Waals surface area contributed by atoms with Crippen molar-refractivity contribution in [2.45, 2.75) is 43.5 Å². The number of rotatable bonds is 5. The molecule has 25 heavy (non-hydrogen) atoms. The van der Waals surface area contributed by atoms with E-state index in [2.05, 4.69) is 5.16 Å². The van der Waals surface area contributed by atoms with Crippen molar-refractivity contribution in [2.24, 2.45) is 0 Å². The molecule has 1 saturated heterocycles. The second-order valence-corrected chi connectivity index (χ2v) is 8.22. The van der Waals surface area contributed by atoms with E-state index in [9.17, 15) is 18.5 Å². The Morgan fingerprint density at radius 1 is 1.32 bits per heavy atom. The maximum atomic E-state index is 12.9. The van der Waals surface area contributed by atoms with Gasteiger partial charge in [-0.1, -0.05) is 19.0 Å². The Kier molecular flexibility index (Phi) is 4.61. The quantitative estimate of drug-likeness (QED) is 0.595. The maximum absolute atomic E-state index is 12.9. The predicted octanol–water partition coefficient (Wildman–Crippen LogP) is 3.23. The molecule has 1 atom stereocenters. The smallest absolute Gasteiger partial charge is 0.269 e. The van der Waals surface area contributed by atoms with Crippen molar-refractivity contribution >= 4 is 15.7 Å². The molecule has 1 aliphatic rings. The van der Waals surface area contributed by atoms with Gasteiger partial charge in [0.15, 0.2) is 0 Å². The van der Waals surface area contributed by atoms with E-state index in [1.165, 1.54) is 28.6 Å². The van der Waals surface area contributed by atoms with Gasteiger partial charge in [-0.05, 0) is 25.0 Å². The SMILES string of the molecule is CC(C)c1cc(C2CCCN2S(=O)(=O)c2ccc([N+](=O)[O-])cc2)no1. The molecule has 0 bridgehead atoms. The van der Waals surface area contributed by atoms with Gasteiger partial charge in [-0.2, -0.15) is 4.31 Å². The molecular weight excluding hydrogens is 346 g/mol. The highest BCUT2D eigenvalue weighted by molar-refractivity contribution is 7.89. The lowest BCUT2D eigenvalue weighted by Crippen LogP contribution is -2.30. The third-order valence-electron chi connectivity index (χ3n) is 4.31. The molecule has 2 aromatic rings. The lowest BCUT2D eigenvalue weighted by Gasteiger charge is -2.22. The molecule has 1 unspecified atom stereocenters. The van der Waals surface area contributed by atoms with Crippen molar-refractivity contribution in [3.8, 4) is 0 Å². The molecule has 0 saturated carbocycles. The van der Waals surface area contributed by atoms with Gasteiger partial charge in [-0.25, -0.2) is 8.42 Å². The summed E-state index contributed by atoms with van der Waals surface area (Å²) in [7, 11) is -3.76. The van der Waals surface area contributed by atoms with Crippen LogP contribution in [0.1, 0.15) is 50.1 Å². The highest BCUT2D eigenvalue weighted by Crippen LogP contribution is 2.37. The maximum Gasteiger partial charge on any atom is 0.269 e. The number of nitro groups is 1. The number of nitro benzene ring substituents is 1. The average molecular weight is 365 g/mol. The molecular formula is C16H19N3O5S. The normalized spacial score (nSPS) is 18.8. The Balaban J connectivity index is 1.90. The number of hydrogen-bond donors (Lipinski definition) is 0. The minimum absolute atomic E-state index is 0.0394. The Morgan fingerprint density at radius 3 is 2.56 bits per heavy atom. The van der Waals surface area contributed by atoms with Gasteiger partial charge in [0, 0.05) is 30.7 Å². The van der Waals surface area contributed by atoms with Crippen LogP contribution >= 0.6 is 0 Å². The zero-order valence-corrected chi connectivity index (χ0v) is 14.8. The molecule has 1 aliphatic heterocycles. The van der Waals surface area contributed by atoms with Crippen LogP contribution in [0.3, 0.4) is 0 Å². The minimum atomic E-state index is -3.76. The standard InChI is InChI=1S/C16H19N3O5S/c1-11(2)16-10-14(17-24-16)15-4-3-9-18(15)25(22,23)13-7-5-12(6-8-13)19(20)21/h5-8,10-11,15H,3-4,9H2,1-2H3. The Bertz CT molecular complexity index is 873. The first-order valence-corrected chi connectivity index (χ1v) is 9.47. The molecule has 1 aromatic heterocycles. The van der Waals surface area contributed by atoms with E-state index in [0.717, 1.165) is 12.2 Å². The molecule has 0 radical (unpaired) electrons. The van der Waals surface area contributed by atoms with Crippen molar-refractivity contribution in [3.63, 3.8) is 0 Å². The van der Waals surface area contributed by atoms with E-state index in [0.29, 0.717) is 18.7 Å². The van der Waals surface area contributed by atoms with Crippen molar-refractivity contribution in [1.82, 2.24) is 9.46 Å². The fourth-order valence-electron chi connectivity index (χ4n) is 2.93. The van der Waals surface area contributed by atoms with Crippen molar-refractivity contribution in [3.05, 3.63) is 51.9 Å². The van der Waals surface area contributed by atoms with E-state index in [1.807, 2.05) is 13.8 Å². The number of sulfonamides is 1. The summed E-state index contributed by atoms with van der Waals surface area (Å²) in [6, 6.07) is 6.36. The summed E-state index contributed by atoms with van der Waals surface area (Å²) in [5.74, 6) is 0.886. The van der Waals surface area contributed by atoms with Crippen molar-refractivity contribution in [1.29, 1.82) is 0 Å². The highest BCUT2D eigenvalue weighted by atomic mass is 32.2. The van der Waals surface area contributed by atoms with Gasteiger partial charge in [0.05, 0.1) is 15.9 Å². The molecule has 134 valence electrons. The van der Waals surface area contributed by atoms with Gasteiger partial charge in [0.2, 0.25) is 10.0 Å². The zero-order chi connectivity index (χ0) is 18.2. The Labute approximate surface area is 145 Å². The van der Waals surface area contributed by atoms with E-state index < -0.39 is 14.9 Å². The molecule has 2 heterocycles. The Morgan fingerprint density at radius 2 is 2.00 bits per heavy atom. The summed E-state index contributed by atoms with van der Waals surface area (Å²) in [5, 5.41) is 14.8. The number of nitrogens with zero attached hydrogens (tertiary/aromatic N) is 3. The van der Waals surface area contributed by atoms with Gasteiger partial charge >= 0.3 is 0 Å². The molecule has 0 spiro atoms. The van der Waals surface area contributed by atoms with E-state index >= 15 is 0 Å². The molecule has 1 aromatic carbocycles. The van der Waals surface area contributed by atoms with E-state index in [4.69, 9.17) is 4.52 Å². The summed E-state index contributed by atoms with van der Waals surface area (Å²) in [6.07, 6.45) is 1.39. The molecule has 3 rings (SSSR count). The summed E-state index contributed by atoms with van der Waals surface area (Å²) < 4.78 is 32.6. The van der Waals surface area contributed by atoms with Crippen LogP contribution < -0.4 is 0 Å². The molecule has 1 fully saturated rings. The van der Waals surface area contributed by atoms with Gasteiger partial charge in [-0.3, -0.25) is 10.1 Å². The third kappa shape index (κ3) is 3.29. The highest BCUT2D eigenvalue weighted by Gasteiger charge is 2.38. The lowest BCUT2D eigenvalue weighted by molar-refractivity contribution is -0.384. The minimum Gasteiger partial charge on any atom is -0.361 e. The van der Waals surface area contributed by atoms with Crippen LogP contribution in [-0.2, 0) is 10.0 Å². The fourth-order valence-corrected chi connectivity index (χ4v) is 4.60. The van der Waals surface area contributed by atoms with Gasteiger partial charge in [0.1, 0.15) is 11.5 Å². The Hall–Kier alpha value is -2.26. The molecule has 0 aliphatic carbocycles. The first-order valence-electron chi connectivity index (χ1n) is 8.03. The van der Waals surface area contributed by atoms with Gasteiger partial charge in [-0.15, -0.1) is 0 Å². The number of non-ortho nitro benzene ring substituents is 1. The van der Waals surface area contributed by atoms with E-state index in [1.54, 1.807) is 6.07 Å². The van der Waals surface area contributed by atoms with Crippen LogP contribution in [0.5, 0.6) is 0 Å². The van der Waals surface area contributed by atoms with Crippen LogP contribution in [-0.4, -0.2) is 29.3 Å². The fraction of sp³-hybridized carbons (Fsp3) is 0.438. The van der Waals surface area contributed by atoms with E-state index in [-0.39, 0.29) is 22.5 Å². The van der Waals surface area contributed by atoms with Crippen LogP contribution in [0.15, 0.2) is 39.8 Å². The van der Waals surface area contributed by atoms with Crippen LogP contribution in [0.25, 0.3) is 0 Å². The molecule has 9 heteroatoms. The summed E-state index contributed by atoms with van der Waals surface area (Å²) >= 11 is 0. The largest absolute Gasteiger partial charge is 0.361 e. The van der Waals surface area contributed by atoms with Crippen molar-refractivity contribution in [2.75, 3.05) is 6.54 Å². The zero-order valence-electron chi connectivity index (χ0n) is 14.0. The van der Waals surface area contributed by atoms with Crippen molar-refractivity contribution < 1.29 is 17.9 Å². The van der Waals surface area contributed by atoms with Crippen LogP contribution in [0, 0.1) is 10.1 Å². The second kappa shape index (κ2) is 6.57. The first-order chi connectivity index (χ1) is 11.8. The average Bonchev–Trinajstić information content (AvgIpc) is 3.24. The van der Waals surface area contributed by atoms with Gasteiger partial charge < -0.3 is 4.52 Å². The van der Waals surface area contributed by atoms with Gasteiger partial charge in [0.25, 0.3) is 5.69 Å². The summed E-state index contributed by atoms with van der Waals surface area (Å²) in [4.78, 5) is 10.2. The first kappa shape index (κ1) is 17.6.